The van der Waals surface area contributed by atoms with Gasteiger partial charge in [-0.05, 0) is 32.1 Å². The molecule has 0 aliphatic rings. The molecule has 0 spiro atoms. The highest BCUT2D eigenvalue weighted by molar-refractivity contribution is 5.66. The van der Waals surface area contributed by atoms with Crippen LogP contribution < -0.4 is 0 Å². The Balaban J connectivity index is 3.07. The fraction of sp³-hybridized carbons (Fsp3) is 0.885. The van der Waals surface area contributed by atoms with Crippen molar-refractivity contribution in [1.82, 2.24) is 0 Å². The van der Waals surface area contributed by atoms with Crippen LogP contribution in [0, 0.1) is 0 Å². The van der Waals surface area contributed by atoms with E-state index >= 15 is 0 Å². The molecular formula is C26H50O2. The number of aliphatic carboxylic acids is 1. The van der Waals surface area contributed by atoms with E-state index in [1.807, 2.05) is 0 Å². The Morgan fingerprint density at radius 1 is 0.536 bits per heavy atom. The zero-order chi connectivity index (χ0) is 20.5. The van der Waals surface area contributed by atoms with Gasteiger partial charge in [0.2, 0.25) is 0 Å². The van der Waals surface area contributed by atoms with E-state index in [1.54, 1.807) is 0 Å². The van der Waals surface area contributed by atoms with Gasteiger partial charge in [-0.25, -0.2) is 0 Å². The minimum Gasteiger partial charge on any atom is -0.481 e. The SMILES string of the molecule is CCCCCCCCCCCCCCCC/C=C\CCCCCCCC(=O)O. The predicted octanol–water partition coefficient (Wildman–Crippen LogP) is 9.23. The summed E-state index contributed by atoms with van der Waals surface area (Å²) in [4.78, 5) is 10.4. The monoisotopic (exact) mass is 394 g/mol. The van der Waals surface area contributed by atoms with Gasteiger partial charge < -0.3 is 5.11 Å². The molecule has 0 aromatic heterocycles. The Morgan fingerprint density at radius 3 is 1.21 bits per heavy atom. The molecule has 0 aliphatic heterocycles. The topological polar surface area (TPSA) is 37.3 Å². The molecule has 0 unspecified atom stereocenters. The fourth-order valence-corrected chi connectivity index (χ4v) is 3.76. The molecule has 28 heavy (non-hydrogen) atoms. The van der Waals surface area contributed by atoms with E-state index in [0.717, 1.165) is 12.8 Å². The lowest BCUT2D eigenvalue weighted by Crippen LogP contribution is -1.93. The van der Waals surface area contributed by atoms with Crippen molar-refractivity contribution in [3.05, 3.63) is 12.2 Å². The molecule has 0 aromatic carbocycles. The van der Waals surface area contributed by atoms with Gasteiger partial charge in [-0.2, -0.15) is 0 Å². The maximum absolute atomic E-state index is 10.4. The number of hydrogen-bond acceptors (Lipinski definition) is 1. The molecule has 0 amide bonds. The smallest absolute Gasteiger partial charge is 0.303 e. The number of carboxylic acids is 1. The predicted molar refractivity (Wildman–Crippen MR) is 124 cm³/mol. The van der Waals surface area contributed by atoms with Crippen LogP contribution in [-0.2, 0) is 4.79 Å². The van der Waals surface area contributed by atoms with Crippen molar-refractivity contribution in [2.24, 2.45) is 0 Å². The summed E-state index contributed by atoms with van der Waals surface area (Å²) in [5, 5.41) is 8.58. The van der Waals surface area contributed by atoms with Gasteiger partial charge in [0.1, 0.15) is 0 Å². The second kappa shape index (κ2) is 24.2. The first-order valence-corrected chi connectivity index (χ1v) is 12.6. The Labute approximate surface area is 176 Å². The van der Waals surface area contributed by atoms with E-state index in [2.05, 4.69) is 19.1 Å². The van der Waals surface area contributed by atoms with Gasteiger partial charge in [0.25, 0.3) is 0 Å². The van der Waals surface area contributed by atoms with Gasteiger partial charge in [-0.3, -0.25) is 4.79 Å². The van der Waals surface area contributed by atoms with E-state index in [0.29, 0.717) is 6.42 Å². The molecule has 0 atom stereocenters. The van der Waals surface area contributed by atoms with Crippen LogP contribution in [0.3, 0.4) is 0 Å². The van der Waals surface area contributed by atoms with Gasteiger partial charge in [-0.1, -0.05) is 122 Å². The molecule has 0 radical (unpaired) electrons. The minimum atomic E-state index is -0.661. The van der Waals surface area contributed by atoms with Crippen molar-refractivity contribution in [2.45, 2.75) is 148 Å². The Hall–Kier alpha value is -0.790. The van der Waals surface area contributed by atoms with Gasteiger partial charge >= 0.3 is 5.97 Å². The molecule has 0 saturated heterocycles. The highest BCUT2D eigenvalue weighted by Crippen LogP contribution is 2.13. The van der Waals surface area contributed by atoms with Gasteiger partial charge in [0.15, 0.2) is 0 Å². The lowest BCUT2D eigenvalue weighted by molar-refractivity contribution is -0.137. The maximum atomic E-state index is 10.4. The highest BCUT2D eigenvalue weighted by Gasteiger charge is 1.96. The van der Waals surface area contributed by atoms with Crippen LogP contribution in [-0.4, -0.2) is 11.1 Å². The molecule has 0 saturated carbocycles. The van der Waals surface area contributed by atoms with E-state index in [-0.39, 0.29) is 0 Å². The van der Waals surface area contributed by atoms with Gasteiger partial charge in [0.05, 0.1) is 0 Å². The van der Waals surface area contributed by atoms with Crippen LogP contribution in [0.2, 0.25) is 0 Å². The molecule has 0 heterocycles. The summed E-state index contributed by atoms with van der Waals surface area (Å²) in [6.45, 7) is 2.29. The van der Waals surface area contributed by atoms with Crippen molar-refractivity contribution < 1.29 is 9.90 Å². The second-order valence-corrected chi connectivity index (χ2v) is 8.56. The maximum Gasteiger partial charge on any atom is 0.303 e. The van der Waals surface area contributed by atoms with Crippen molar-refractivity contribution in [2.75, 3.05) is 0 Å². The van der Waals surface area contributed by atoms with Crippen molar-refractivity contribution >= 4 is 5.97 Å². The van der Waals surface area contributed by atoms with Crippen LogP contribution >= 0.6 is 0 Å². The number of allylic oxidation sites excluding steroid dienone is 2. The van der Waals surface area contributed by atoms with Crippen LogP contribution in [0.1, 0.15) is 148 Å². The number of unbranched alkanes of at least 4 members (excludes halogenated alkanes) is 19. The van der Waals surface area contributed by atoms with Gasteiger partial charge in [0, 0.05) is 6.42 Å². The fourth-order valence-electron chi connectivity index (χ4n) is 3.76. The Kier molecular flexibility index (Phi) is 23.6. The average Bonchev–Trinajstić information content (AvgIpc) is 2.68. The third kappa shape index (κ3) is 25.2. The first-order valence-electron chi connectivity index (χ1n) is 12.6. The summed E-state index contributed by atoms with van der Waals surface area (Å²) in [5.74, 6) is -0.661. The summed E-state index contributed by atoms with van der Waals surface area (Å²) in [6, 6.07) is 0. The quantitative estimate of drug-likeness (QED) is 0.138. The zero-order valence-electron chi connectivity index (χ0n) is 19.1. The average molecular weight is 395 g/mol. The van der Waals surface area contributed by atoms with Gasteiger partial charge in [-0.15, -0.1) is 0 Å². The summed E-state index contributed by atoms with van der Waals surface area (Å²) >= 11 is 0. The molecule has 0 fully saturated rings. The third-order valence-corrected chi connectivity index (χ3v) is 5.65. The Morgan fingerprint density at radius 2 is 0.857 bits per heavy atom. The van der Waals surface area contributed by atoms with E-state index in [9.17, 15) is 4.79 Å². The van der Waals surface area contributed by atoms with Crippen LogP contribution in [0.5, 0.6) is 0 Å². The Bertz CT molecular complexity index is 335. The lowest BCUT2D eigenvalue weighted by atomic mass is 10.0. The number of carboxylic acid groups (broad SMARTS) is 1. The van der Waals surface area contributed by atoms with Crippen LogP contribution in [0.4, 0.5) is 0 Å². The number of carbonyl (C=O) groups is 1. The summed E-state index contributed by atoms with van der Waals surface area (Å²) in [7, 11) is 0. The lowest BCUT2D eigenvalue weighted by Gasteiger charge is -2.03. The largest absolute Gasteiger partial charge is 0.481 e. The zero-order valence-corrected chi connectivity index (χ0v) is 19.1. The molecule has 0 aliphatic carbocycles. The van der Waals surface area contributed by atoms with Crippen molar-refractivity contribution in [3.63, 3.8) is 0 Å². The summed E-state index contributed by atoms with van der Waals surface area (Å²) in [6.07, 6.45) is 33.1. The second-order valence-electron chi connectivity index (χ2n) is 8.56. The molecule has 1 N–H and O–H groups in total. The van der Waals surface area contributed by atoms with E-state index in [4.69, 9.17) is 5.11 Å². The van der Waals surface area contributed by atoms with Crippen LogP contribution in [0.15, 0.2) is 12.2 Å². The molecular weight excluding hydrogens is 344 g/mol. The van der Waals surface area contributed by atoms with Crippen LogP contribution in [0.25, 0.3) is 0 Å². The molecule has 2 heteroatoms. The standard InChI is InChI=1S/C26H50O2/c1-2-3-4-5-6-7-8-9-10-11-12-13-14-15-16-17-18-19-20-21-22-23-24-25-26(27)28/h17-18H,2-16,19-25H2,1H3,(H,27,28)/b18-17-. The highest BCUT2D eigenvalue weighted by atomic mass is 16.4. The van der Waals surface area contributed by atoms with E-state index < -0.39 is 5.97 Å². The normalized spacial score (nSPS) is 11.5. The molecule has 0 rings (SSSR count). The molecule has 2 nitrogen and oxygen atoms in total. The number of hydrogen-bond donors (Lipinski definition) is 1. The molecule has 0 aromatic rings. The number of rotatable bonds is 23. The summed E-state index contributed by atoms with van der Waals surface area (Å²) in [5.41, 5.74) is 0. The first-order chi connectivity index (χ1) is 13.8. The summed E-state index contributed by atoms with van der Waals surface area (Å²) < 4.78 is 0. The van der Waals surface area contributed by atoms with Crippen molar-refractivity contribution in [1.29, 1.82) is 0 Å². The first kappa shape index (κ1) is 27.2. The molecule has 0 bridgehead atoms. The molecule has 166 valence electrons. The minimum absolute atomic E-state index is 0.332. The third-order valence-electron chi connectivity index (χ3n) is 5.65. The van der Waals surface area contributed by atoms with Crippen molar-refractivity contribution in [3.8, 4) is 0 Å². The van der Waals surface area contributed by atoms with E-state index in [1.165, 1.54) is 122 Å².